The molecule has 68 valence electrons. The van der Waals surface area contributed by atoms with E-state index in [9.17, 15) is 9.59 Å². The minimum absolute atomic E-state index is 0.286. The van der Waals surface area contributed by atoms with E-state index >= 15 is 0 Å². The first-order valence-electron chi connectivity index (χ1n) is 3.95. The molecule has 1 saturated heterocycles. The van der Waals surface area contributed by atoms with E-state index in [-0.39, 0.29) is 5.92 Å². The first-order chi connectivity index (χ1) is 5.75. The van der Waals surface area contributed by atoms with Crippen molar-refractivity contribution in [2.75, 3.05) is 20.3 Å². The fraction of sp³-hybridized carbons (Fsp3) is 0.750. The fourth-order valence-electron chi connectivity index (χ4n) is 1.21. The van der Waals surface area contributed by atoms with Gasteiger partial charge in [-0.05, 0) is 12.8 Å². The van der Waals surface area contributed by atoms with Gasteiger partial charge in [-0.25, -0.2) is 4.79 Å². The molecule has 0 radical (unpaired) electrons. The van der Waals surface area contributed by atoms with Crippen molar-refractivity contribution < 1.29 is 19.1 Å². The summed E-state index contributed by atoms with van der Waals surface area (Å²) in [6.45, 7) is 1.04. The summed E-state index contributed by atoms with van der Waals surface area (Å²) < 4.78 is 9.39. The van der Waals surface area contributed by atoms with Gasteiger partial charge in [-0.15, -0.1) is 0 Å². The summed E-state index contributed by atoms with van der Waals surface area (Å²) in [6, 6.07) is 0. The van der Waals surface area contributed by atoms with Gasteiger partial charge in [-0.2, -0.15) is 0 Å². The number of ketones is 1. The maximum atomic E-state index is 11.2. The number of rotatable bonds is 2. The number of methoxy groups -OCH3 is 1. The number of carbonyl (C=O) groups excluding carboxylic acids is 2. The van der Waals surface area contributed by atoms with E-state index in [1.807, 2.05) is 0 Å². The van der Waals surface area contributed by atoms with Gasteiger partial charge in [-0.1, -0.05) is 0 Å². The number of esters is 1. The lowest BCUT2D eigenvalue weighted by Gasteiger charge is -2.19. The van der Waals surface area contributed by atoms with Crippen LogP contribution in [0.5, 0.6) is 0 Å². The average Bonchev–Trinajstić information content (AvgIpc) is 2.17. The lowest BCUT2D eigenvalue weighted by atomic mass is 9.98. The van der Waals surface area contributed by atoms with Gasteiger partial charge in [0.05, 0.1) is 19.6 Å². The molecule has 0 amide bonds. The Morgan fingerprint density at radius 3 is 2.75 bits per heavy atom. The van der Waals surface area contributed by atoms with Gasteiger partial charge in [0.1, 0.15) is 0 Å². The van der Waals surface area contributed by atoms with Crippen molar-refractivity contribution in [3.8, 4) is 0 Å². The lowest BCUT2D eigenvalue weighted by molar-refractivity contribution is -0.155. The number of ether oxygens (including phenoxy) is 2. The van der Waals surface area contributed by atoms with Gasteiger partial charge in [0, 0.05) is 6.61 Å². The van der Waals surface area contributed by atoms with Crippen LogP contribution in [0.25, 0.3) is 0 Å². The third kappa shape index (κ3) is 2.04. The molecule has 1 fully saturated rings. The summed E-state index contributed by atoms with van der Waals surface area (Å²) in [5.41, 5.74) is 0. The molecule has 1 heterocycles. The molecule has 0 aromatic carbocycles. The highest BCUT2D eigenvalue weighted by molar-refractivity contribution is 6.34. The quantitative estimate of drug-likeness (QED) is 0.439. The highest BCUT2D eigenvalue weighted by atomic mass is 16.5. The zero-order valence-electron chi connectivity index (χ0n) is 7.04. The zero-order valence-corrected chi connectivity index (χ0v) is 7.04. The maximum absolute atomic E-state index is 11.2. The Morgan fingerprint density at radius 2 is 2.25 bits per heavy atom. The smallest absolute Gasteiger partial charge is 0.374 e. The molecule has 1 rings (SSSR count). The second kappa shape index (κ2) is 4.21. The molecule has 4 nitrogen and oxygen atoms in total. The highest BCUT2D eigenvalue weighted by Gasteiger charge is 2.27. The van der Waals surface area contributed by atoms with E-state index in [1.165, 1.54) is 7.11 Å². The van der Waals surface area contributed by atoms with Crippen LogP contribution < -0.4 is 0 Å². The molecular weight excluding hydrogens is 160 g/mol. The van der Waals surface area contributed by atoms with E-state index in [1.54, 1.807) is 0 Å². The van der Waals surface area contributed by atoms with Crippen molar-refractivity contribution in [3.63, 3.8) is 0 Å². The lowest BCUT2D eigenvalue weighted by Crippen LogP contribution is -2.31. The van der Waals surface area contributed by atoms with Crippen LogP contribution in [-0.4, -0.2) is 32.1 Å². The molecule has 1 aliphatic rings. The van der Waals surface area contributed by atoms with Crippen LogP contribution in [0.1, 0.15) is 12.8 Å². The predicted octanol–water partition coefficient (Wildman–Crippen LogP) is 0.155. The first-order valence-corrected chi connectivity index (χ1v) is 3.95. The van der Waals surface area contributed by atoms with Crippen molar-refractivity contribution >= 4 is 11.8 Å². The van der Waals surface area contributed by atoms with Crippen LogP contribution in [0.3, 0.4) is 0 Å². The number of hydrogen-bond donors (Lipinski definition) is 0. The second-order valence-electron chi connectivity index (χ2n) is 2.77. The highest BCUT2D eigenvalue weighted by Crippen LogP contribution is 2.14. The van der Waals surface area contributed by atoms with Gasteiger partial charge in [0.15, 0.2) is 0 Å². The summed E-state index contributed by atoms with van der Waals surface area (Å²) in [5.74, 6) is -1.51. The molecule has 0 aliphatic carbocycles. The van der Waals surface area contributed by atoms with Crippen molar-refractivity contribution in [1.29, 1.82) is 0 Å². The van der Waals surface area contributed by atoms with E-state index in [2.05, 4.69) is 4.74 Å². The monoisotopic (exact) mass is 172 g/mol. The largest absolute Gasteiger partial charge is 0.463 e. The zero-order chi connectivity index (χ0) is 8.97. The topological polar surface area (TPSA) is 52.6 Å². The normalized spacial score (nSPS) is 23.2. The Kier molecular flexibility index (Phi) is 3.22. The SMILES string of the molecule is COC(=O)C(=O)C1CCCOC1. The average molecular weight is 172 g/mol. The van der Waals surface area contributed by atoms with Crippen molar-refractivity contribution in [2.45, 2.75) is 12.8 Å². The van der Waals surface area contributed by atoms with E-state index in [0.29, 0.717) is 13.2 Å². The molecule has 4 heteroatoms. The van der Waals surface area contributed by atoms with Gasteiger partial charge in [0.2, 0.25) is 5.78 Å². The third-order valence-electron chi connectivity index (χ3n) is 1.92. The number of carbonyl (C=O) groups is 2. The van der Waals surface area contributed by atoms with Crippen LogP contribution in [0, 0.1) is 5.92 Å². The minimum Gasteiger partial charge on any atom is -0.463 e. The number of Topliss-reactive ketones (excluding diaryl/α,β-unsaturated/α-hetero) is 1. The summed E-state index contributed by atoms with van der Waals surface area (Å²) in [4.78, 5) is 22.0. The van der Waals surface area contributed by atoms with E-state index < -0.39 is 11.8 Å². The maximum Gasteiger partial charge on any atom is 0.374 e. The standard InChI is InChI=1S/C8H12O4/c1-11-8(10)7(9)6-3-2-4-12-5-6/h6H,2-5H2,1H3. The fourth-order valence-corrected chi connectivity index (χ4v) is 1.21. The molecule has 0 N–H and O–H groups in total. The summed E-state index contributed by atoms with van der Waals surface area (Å²) in [5, 5.41) is 0. The van der Waals surface area contributed by atoms with Gasteiger partial charge in [-0.3, -0.25) is 4.79 Å². The third-order valence-corrected chi connectivity index (χ3v) is 1.92. The van der Waals surface area contributed by atoms with Crippen molar-refractivity contribution in [2.24, 2.45) is 5.92 Å². The van der Waals surface area contributed by atoms with Crippen LogP contribution in [0.15, 0.2) is 0 Å². The van der Waals surface area contributed by atoms with Crippen LogP contribution in [0.2, 0.25) is 0 Å². The van der Waals surface area contributed by atoms with Crippen molar-refractivity contribution in [3.05, 3.63) is 0 Å². The molecule has 0 spiro atoms. The molecule has 0 bridgehead atoms. The van der Waals surface area contributed by atoms with E-state index in [4.69, 9.17) is 4.74 Å². The predicted molar refractivity (Wildman–Crippen MR) is 40.6 cm³/mol. The molecule has 1 atom stereocenters. The molecule has 0 saturated carbocycles. The molecule has 1 unspecified atom stereocenters. The summed E-state index contributed by atoms with van der Waals surface area (Å²) in [7, 11) is 1.21. The second-order valence-corrected chi connectivity index (χ2v) is 2.77. The molecule has 1 aliphatic heterocycles. The molecule has 12 heavy (non-hydrogen) atoms. The van der Waals surface area contributed by atoms with Gasteiger partial charge >= 0.3 is 5.97 Å². The van der Waals surface area contributed by atoms with Crippen LogP contribution in [0.4, 0.5) is 0 Å². The Morgan fingerprint density at radius 1 is 1.50 bits per heavy atom. The molecule has 0 aromatic rings. The summed E-state index contributed by atoms with van der Waals surface area (Å²) in [6.07, 6.45) is 1.57. The Labute approximate surface area is 70.8 Å². The van der Waals surface area contributed by atoms with Gasteiger partial charge in [0.25, 0.3) is 0 Å². The molecule has 0 aromatic heterocycles. The van der Waals surface area contributed by atoms with Crippen LogP contribution >= 0.6 is 0 Å². The minimum atomic E-state index is -0.759. The van der Waals surface area contributed by atoms with Crippen molar-refractivity contribution in [1.82, 2.24) is 0 Å². The van der Waals surface area contributed by atoms with Gasteiger partial charge < -0.3 is 9.47 Å². The Hall–Kier alpha value is -0.900. The first kappa shape index (κ1) is 9.19. The summed E-state index contributed by atoms with van der Waals surface area (Å²) >= 11 is 0. The van der Waals surface area contributed by atoms with Crippen LogP contribution in [-0.2, 0) is 19.1 Å². The Balaban J connectivity index is 2.45. The number of hydrogen-bond acceptors (Lipinski definition) is 4. The Bertz CT molecular complexity index is 181. The van der Waals surface area contributed by atoms with E-state index in [0.717, 1.165) is 12.8 Å². The molecular formula is C8H12O4.